The molecule has 1 aliphatic heterocycles. The molecule has 0 aromatic carbocycles. The molecule has 1 aromatic rings. The summed E-state index contributed by atoms with van der Waals surface area (Å²) in [5.41, 5.74) is 1.21. The highest BCUT2D eigenvalue weighted by Crippen LogP contribution is 2.18. The minimum absolute atomic E-state index is 0.493. The monoisotopic (exact) mass is 292 g/mol. The predicted octanol–water partition coefficient (Wildman–Crippen LogP) is 3.06. The molecular formula is C17H32N4. The second kappa shape index (κ2) is 7.41. The Kier molecular flexibility index (Phi) is 5.82. The van der Waals surface area contributed by atoms with E-state index in [4.69, 9.17) is 5.10 Å². The molecule has 0 amide bonds. The fourth-order valence-corrected chi connectivity index (χ4v) is 3.10. The lowest BCUT2D eigenvalue weighted by molar-refractivity contribution is 0.109. The summed E-state index contributed by atoms with van der Waals surface area (Å²) in [6.07, 6.45) is 4.51. The van der Waals surface area contributed by atoms with Crippen LogP contribution in [0.1, 0.15) is 59.2 Å². The number of rotatable bonds is 6. The molecule has 1 aliphatic rings. The lowest BCUT2D eigenvalue weighted by Gasteiger charge is -2.39. The first-order valence-electron chi connectivity index (χ1n) is 8.51. The molecule has 0 aliphatic carbocycles. The standard InChI is InChI=1S/C17H32N4/c1-6-15(5)21-8-7-16(19-21)12-20-11-14(4)18-10-17(20)9-13(2)3/h7-8,13-15,17-18H,6,9-12H2,1-5H3. The molecule has 1 aromatic heterocycles. The van der Waals surface area contributed by atoms with Crippen LogP contribution in [0, 0.1) is 5.92 Å². The molecule has 21 heavy (non-hydrogen) atoms. The molecule has 3 atom stereocenters. The summed E-state index contributed by atoms with van der Waals surface area (Å²) in [7, 11) is 0. The third kappa shape index (κ3) is 4.55. The fourth-order valence-electron chi connectivity index (χ4n) is 3.10. The lowest BCUT2D eigenvalue weighted by Crippen LogP contribution is -2.55. The Morgan fingerprint density at radius 1 is 1.38 bits per heavy atom. The molecular weight excluding hydrogens is 260 g/mol. The second-order valence-electron chi connectivity index (χ2n) is 7.07. The third-order valence-corrected chi connectivity index (χ3v) is 4.54. The van der Waals surface area contributed by atoms with Crippen LogP contribution >= 0.6 is 0 Å². The van der Waals surface area contributed by atoms with Gasteiger partial charge in [-0.1, -0.05) is 20.8 Å². The Hall–Kier alpha value is -0.870. The van der Waals surface area contributed by atoms with Gasteiger partial charge in [0.25, 0.3) is 0 Å². The molecule has 0 radical (unpaired) electrons. The van der Waals surface area contributed by atoms with Gasteiger partial charge in [0.1, 0.15) is 0 Å². The van der Waals surface area contributed by atoms with Crippen molar-refractivity contribution >= 4 is 0 Å². The first kappa shape index (κ1) is 16.5. The van der Waals surface area contributed by atoms with Gasteiger partial charge in [-0.3, -0.25) is 9.58 Å². The molecule has 1 fully saturated rings. The number of piperazine rings is 1. The third-order valence-electron chi connectivity index (χ3n) is 4.54. The van der Waals surface area contributed by atoms with E-state index < -0.39 is 0 Å². The van der Waals surface area contributed by atoms with E-state index in [-0.39, 0.29) is 0 Å². The van der Waals surface area contributed by atoms with Crippen LogP contribution in [0.3, 0.4) is 0 Å². The van der Waals surface area contributed by atoms with Gasteiger partial charge >= 0.3 is 0 Å². The molecule has 4 heteroatoms. The zero-order valence-corrected chi connectivity index (χ0v) is 14.3. The van der Waals surface area contributed by atoms with Crippen LogP contribution in [0.5, 0.6) is 0 Å². The Balaban J connectivity index is 2.01. The minimum Gasteiger partial charge on any atom is -0.311 e. The van der Waals surface area contributed by atoms with Crippen LogP contribution < -0.4 is 5.32 Å². The van der Waals surface area contributed by atoms with E-state index in [1.54, 1.807) is 0 Å². The summed E-state index contributed by atoms with van der Waals surface area (Å²) < 4.78 is 2.11. The highest BCUT2D eigenvalue weighted by molar-refractivity contribution is 5.01. The molecule has 0 saturated carbocycles. The molecule has 1 saturated heterocycles. The van der Waals surface area contributed by atoms with Gasteiger partial charge in [0, 0.05) is 44.0 Å². The van der Waals surface area contributed by atoms with Crippen molar-refractivity contribution in [2.45, 2.75) is 72.1 Å². The summed E-state index contributed by atoms with van der Waals surface area (Å²) >= 11 is 0. The number of hydrogen-bond acceptors (Lipinski definition) is 3. The molecule has 0 bridgehead atoms. The van der Waals surface area contributed by atoms with Gasteiger partial charge in [-0.05, 0) is 38.7 Å². The van der Waals surface area contributed by atoms with Crippen LogP contribution in [-0.4, -0.2) is 39.9 Å². The Bertz CT molecular complexity index is 426. The maximum Gasteiger partial charge on any atom is 0.0765 e. The van der Waals surface area contributed by atoms with Crippen LogP contribution in [0.25, 0.3) is 0 Å². The van der Waals surface area contributed by atoms with Gasteiger partial charge in [-0.15, -0.1) is 0 Å². The molecule has 3 unspecified atom stereocenters. The average Bonchev–Trinajstić information content (AvgIpc) is 2.89. The zero-order chi connectivity index (χ0) is 15.4. The number of hydrogen-bond donors (Lipinski definition) is 1. The molecule has 1 N–H and O–H groups in total. The van der Waals surface area contributed by atoms with E-state index in [1.165, 1.54) is 12.1 Å². The van der Waals surface area contributed by atoms with Crippen LogP contribution in [0.15, 0.2) is 12.3 Å². The molecule has 2 rings (SSSR count). The van der Waals surface area contributed by atoms with Crippen molar-refractivity contribution in [2.24, 2.45) is 5.92 Å². The first-order valence-corrected chi connectivity index (χ1v) is 8.51. The number of aromatic nitrogens is 2. The fraction of sp³-hybridized carbons (Fsp3) is 0.824. The van der Waals surface area contributed by atoms with Crippen LogP contribution in [0.4, 0.5) is 0 Å². The highest BCUT2D eigenvalue weighted by Gasteiger charge is 2.26. The summed E-state index contributed by atoms with van der Waals surface area (Å²) in [6, 6.07) is 3.89. The molecule has 4 nitrogen and oxygen atoms in total. The lowest BCUT2D eigenvalue weighted by atomic mass is 9.99. The van der Waals surface area contributed by atoms with Crippen LogP contribution in [0.2, 0.25) is 0 Å². The van der Waals surface area contributed by atoms with Gasteiger partial charge in [0.05, 0.1) is 5.69 Å². The van der Waals surface area contributed by atoms with Crippen molar-refractivity contribution in [3.8, 4) is 0 Å². The van der Waals surface area contributed by atoms with Crippen molar-refractivity contribution in [1.82, 2.24) is 20.0 Å². The van der Waals surface area contributed by atoms with Crippen molar-refractivity contribution in [2.75, 3.05) is 13.1 Å². The Labute approximate surface area is 129 Å². The quantitative estimate of drug-likeness (QED) is 0.875. The van der Waals surface area contributed by atoms with Crippen LogP contribution in [-0.2, 0) is 6.54 Å². The van der Waals surface area contributed by atoms with Gasteiger partial charge < -0.3 is 5.32 Å². The maximum atomic E-state index is 4.77. The molecule has 120 valence electrons. The van der Waals surface area contributed by atoms with Gasteiger partial charge in [0.15, 0.2) is 0 Å². The SMILES string of the molecule is CCC(C)n1ccc(CN2CC(C)NCC2CC(C)C)n1. The van der Waals surface area contributed by atoms with E-state index in [0.29, 0.717) is 18.1 Å². The number of nitrogens with one attached hydrogen (secondary N) is 1. The summed E-state index contributed by atoms with van der Waals surface area (Å²) in [4.78, 5) is 2.62. The summed E-state index contributed by atoms with van der Waals surface area (Å²) in [5.74, 6) is 0.741. The maximum absolute atomic E-state index is 4.77. The normalized spacial score (nSPS) is 25.4. The topological polar surface area (TPSA) is 33.1 Å². The van der Waals surface area contributed by atoms with Crippen molar-refractivity contribution < 1.29 is 0 Å². The summed E-state index contributed by atoms with van der Waals surface area (Å²) in [5, 5.41) is 8.39. The van der Waals surface area contributed by atoms with E-state index in [2.05, 4.69) is 61.8 Å². The molecule has 2 heterocycles. The van der Waals surface area contributed by atoms with Crippen molar-refractivity contribution in [3.63, 3.8) is 0 Å². The van der Waals surface area contributed by atoms with E-state index in [1.807, 2.05) is 0 Å². The van der Waals surface area contributed by atoms with Crippen molar-refractivity contribution in [3.05, 3.63) is 18.0 Å². The smallest absolute Gasteiger partial charge is 0.0765 e. The van der Waals surface area contributed by atoms with E-state index in [9.17, 15) is 0 Å². The average molecular weight is 292 g/mol. The largest absolute Gasteiger partial charge is 0.311 e. The van der Waals surface area contributed by atoms with Gasteiger partial charge in [-0.2, -0.15) is 5.10 Å². The van der Waals surface area contributed by atoms with E-state index >= 15 is 0 Å². The van der Waals surface area contributed by atoms with E-state index in [0.717, 1.165) is 32.0 Å². The van der Waals surface area contributed by atoms with Gasteiger partial charge in [-0.25, -0.2) is 0 Å². The van der Waals surface area contributed by atoms with Crippen molar-refractivity contribution in [1.29, 1.82) is 0 Å². The minimum atomic E-state index is 0.493. The Morgan fingerprint density at radius 2 is 2.14 bits per heavy atom. The Morgan fingerprint density at radius 3 is 2.81 bits per heavy atom. The second-order valence-corrected chi connectivity index (χ2v) is 7.07. The first-order chi connectivity index (χ1) is 9.99. The highest BCUT2D eigenvalue weighted by atomic mass is 15.3. The zero-order valence-electron chi connectivity index (χ0n) is 14.3. The predicted molar refractivity (Wildman–Crippen MR) is 88.3 cm³/mol. The van der Waals surface area contributed by atoms with Gasteiger partial charge in [0.2, 0.25) is 0 Å². The number of nitrogens with zero attached hydrogens (tertiary/aromatic N) is 3. The molecule has 0 spiro atoms. The summed E-state index contributed by atoms with van der Waals surface area (Å²) in [6.45, 7) is 14.5.